The van der Waals surface area contributed by atoms with Crippen molar-refractivity contribution in [2.75, 3.05) is 0 Å². The van der Waals surface area contributed by atoms with Crippen LogP contribution < -0.4 is 0 Å². The van der Waals surface area contributed by atoms with Crippen LogP contribution in [0.4, 0.5) is 0 Å². The maximum absolute atomic E-state index is 10.4. The molecule has 2 aromatic rings. The van der Waals surface area contributed by atoms with Crippen molar-refractivity contribution < 1.29 is 14.3 Å². The highest BCUT2D eigenvalue weighted by molar-refractivity contribution is 6.30. The number of aromatic nitrogens is 3. The summed E-state index contributed by atoms with van der Waals surface area (Å²) >= 11 is 5.69. The van der Waals surface area contributed by atoms with Gasteiger partial charge in [-0.15, -0.1) is 10.2 Å². The summed E-state index contributed by atoms with van der Waals surface area (Å²) in [5.74, 6) is -0.379. The van der Waals surface area contributed by atoms with Crippen LogP contribution in [0.3, 0.4) is 0 Å². The van der Waals surface area contributed by atoms with Gasteiger partial charge in [0, 0.05) is 12.6 Å². The number of hydrogen-bond acceptors (Lipinski definition) is 5. The van der Waals surface area contributed by atoms with Crippen molar-refractivity contribution in [1.29, 1.82) is 0 Å². The Morgan fingerprint density at radius 1 is 1.41 bits per heavy atom. The van der Waals surface area contributed by atoms with Crippen LogP contribution >= 0.6 is 11.6 Å². The number of carbonyl (C=O) groups is 1. The summed E-state index contributed by atoms with van der Waals surface area (Å²) in [7, 11) is 0. The number of aryl methyl sites for hydroxylation is 1. The van der Waals surface area contributed by atoms with Gasteiger partial charge in [-0.2, -0.15) is 0 Å². The molecule has 0 bridgehead atoms. The van der Waals surface area contributed by atoms with Crippen molar-refractivity contribution in [3.8, 4) is 11.6 Å². The Kier molecular flexibility index (Phi) is 3.34. The zero-order chi connectivity index (χ0) is 12.3. The predicted octanol–water partition coefficient (Wildman–Crippen LogP) is 1.80. The van der Waals surface area contributed by atoms with E-state index in [1.807, 2.05) is 0 Å². The number of aliphatic carboxylic acids is 1. The minimum absolute atomic E-state index is 0.0460. The minimum atomic E-state index is -0.908. The molecular formula is C10H8ClN3O3. The summed E-state index contributed by atoms with van der Waals surface area (Å²) in [4.78, 5) is 14.4. The third-order valence-electron chi connectivity index (χ3n) is 1.97. The molecule has 2 heterocycles. The summed E-state index contributed by atoms with van der Waals surface area (Å²) in [5, 5.41) is 16.5. The van der Waals surface area contributed by atoms with E-state index >= 15 is 0 Å². The summed E-state index contributed by atoms with van der Waals surface area (Å²) in [5.41, 5.74) is 0.503. The van der Waals surface area contributed by atoms with Crippen LogP contribution in [0.15, 0.2) is 22.7 Å². The molecule has 88 valence electrons. The number of pyridine rings is 1. The van der Waals surface area contributed by atoms with E-state index in [1.165, 1.54) is 6.20 Å². The molecule has 0 aliphatic heterocycles. The topological polar surface area (TPSA) is 89.1 Å². The van der Waals surface area contributed by atoms with Gasteiger partial charge in [-0.25, -0.2) is 4.98 Å². The zero-order valence-corrected chi connectivity index (χ0v) is 9.39. The van der Waals surface area contributed by atoms with E-state index in [0.717, 1.165) is 0 Å². The van der Waals surface area contributed by atoms with Gasteiger partial charge in [-0.3, -0.25) is 4.79 Å². The highest BCUT2D eigenvalue weighted by Gasteiger charge is 2.10. The number of nitrogens with zero attached hydrogens (tertiary/aromatic N) is 3. The van der Waals surface area contributed by atoms with Crippen LogP contribution in [0.2, 0.25) is 5.02 Å². The first-order chi connectivity index (χ1) is 8.15. The van der Waals surface area contributed by atoms with Gasteiger partial charge < -0.3 is 9.52 Å². The smallest absolute Gasteiger partial charge is 0.303 e. The summed E-state index contributed by atoms with van der Waals surface area (Å²) in [6.45, 7) is 0. The van der Waals surface area contributed by atoms with E-state index < -0.39 is 5.97 Å². The molecule has 7 heteroatoms. The molecule has 1 N–H and O–H groups in total. The molecule has 0 saturated heterocycles. The van der Waals surface area contributed by atoms with Gasteiger partial charge in [0.15, 0.2) is 0 Å². The number of carboxylic acid groups (broad SMARTS) is 1. The Labute approximate surface area is 101 Å². The second-order valence-electron chi connectivity index (χ2n) is 3.26. The molecule has 0 amide bonds. The van der Waals surface area contributed by atoms with Crippen LogP contribution in [0.1, 0.15) is 12.3 Å². The van der Waals surface area contributed by atoms with Gasteiger partial charge in [0.05, 0.1) is 11.4 Å². The maximum atomic E-state index is 10.4. The van der Waals surface area contributed by atoms with Gasteiger partial charge in [-0.05, 0) is 12.1 Å². The van der Waals surface area contributed by atoms with Gasteiger partial charge in [0.1, 0.15) is 5.69 Å². The fourth-order valence-electron chi connectivity index (χ4n) is 1.17. The van der Waals surface area contributed by atoms with Crippen molar-refractivity contribution in [2.24, 2.45) is 0 Å². The molecule has 2 aromatic heterocycles. The minimum Gasteiger partial charge on any atom is -0.481 e. The molecule has 0 spiro atoms. The molecule has 0 aromatic carbocycles. The molecular weight excluding hydrogens is 246 g/mol. The van der Waals surface area contributed by atoms with Crippen LogP contribution in [-0.2, 0) is 11.2 Å². The first kappa shape index (κ1) is 11.5. The van der Waals surface area contributed by atoms with Crippen LogP contribution in [0.5, 0.6) is 0 Å². The lowest BCUT2D eigenvalue weighted by molar-refractivity contribution is -0.137. The standard InChI is InChI=1S/C10H8ClN3O3/c11-6-1-2-7(12-5-6)10-14-13-8(17-10)3-4-9(15)16/h1-2,5H,3-4H2,(H,15,16). The summed E-state index contributed by atoms with van der Waals surface area (Å²) in [6, 6.07) is 3.31. The van der Waals surface area contributed by atoms with Crippen molar-refractivity contribution >= 4 is 17.6 Å². The first-order valence-corrected chi connectivity index (χ1v) is 5.19. The fourth-order valence-corrected chi connectivity index (χ4v) is 1.29. The first-order valence-electron chi connectivity index (χ1n) is 4.81. The van der Waals surface area contributed by atoms with Crippen LogP contribution in [0, 0.1) is 0 Å². The van der Waals surface area contributed by atoms with Gasteiger partial charge in [-0.1, -0.05) is 11.6 Å². The van der Waals surface area contributed by atoms with E-state index in [2.05, 4.69) is 15.2 Å². The van der Waals surface area contributed by atoms with Gasteiger partial charge >= 0.3 is 5.97 Å². The third-order valence-corrected chi connectivity index (χ3v) is 2.19. The Balaban J connectivity index is 2.12. The third kappa shape index (κ3) is 3.01. The molecule has 0 unspecified atom stereocenters. The number of halogens is 1. The van der Waals surface area contributed by atoms with E-state index in [0.29, 0.717) is 10.7 Å². The summed E-state index contributed by atoms with van der Waals surface area (Å²) in [6.07, 6.45) is 1.63. The molecule has 0 saturated carbocycles. The van der Waals surface area contributed by atoms with Crippen LogP contribution in [0.25, 0.3) is 11.6 Å². The lowest BCUT2D eigenvalue weighted by atomic mass is 10.3. The normalized spacial score (nSPS) is 10.4. The van der Waals surface area contributed by atoms with Crippen molar-refractivity contribution in [3.05, 3.63) is 29.2 Å². The Morgan fingerprint density at radius 2 is 2.24 bits per heavy atom. The molecule has 0 aliphatic carbocycles. The van der Waals surface area contributed by atoms with Crippen LogP contribution in [-0.4, -0.2) is 26.3 Å². The molecule has 0 atom stereocenters. The fraction of sp³-hybridized carbons (Fsp3) is 0.200. The van der Waals surface area contributed by atoms with Crippen molar-refractivity contribution in [2.45, 2.75) is 12.8 Å². The predicted molar refractivity (Wildman–Crippen MR) is 58.5 cm³/mol. The second kappa shape index (κ2) is 4.92. The number of carboxylic acids is 1. The van der Waals surface area contributed by atoms with Crippen molar-refractivity contribution in [3.63, 3.8) is 0 Å². The lowest BCUT2D eigenvalue weighted by Crippen LogP contribution is -1.97. The average molecular weight is 254 g/mol. The maximum Gasteiger partial charge on any atom is 0.303 e. The van der Waals surface area contributed by atoms with E-state index in [9.17, 15) is 4.79 Å². The van der Waals surface area contributed by atoms with E-state index in [1.54, 1.807) is 12.1 Å². The molecule has 6 nitrogen and oxygen atoms in total. The number of hydrogen-bond donors (Lipinski definition) is 1. The van der Waals surface area contributed by atoms with Gasteiger partial charge in [0.25, 0.3) is 5.89 Å². The Hall–Kier alpha value is -1.95. The van der Waals surface area contributed by atoms with Crippen molar-refractivity contribution in [1.82, 2.24) is 15.2 Å². The molecule has 0 fully saturated rings. The average Bonchev–Trinajstić information content (AvgIpc) is 2.76. The Bertz CT molecular complexity index is 524. The van der Waals surface area contributed by atoms with Gasteiger partial charge in [0.2, 0.25) is 5.89 Å². The zero-order valence-electron chi connectivity index (χ0n) is 8.63. The largest absolute Gasteiger partial charge is 0.481 e. The molecule has 0 aliphatic rings. The Morgan fingerprint density at radius 3 is 2.88 bits per heavy atom. The SMILES string of the molecule is O=C(O)CCc1nnc(-c2ccc(Cl)cn2)o1. The van der Waals surface area contributed by atoms with E-state index in [4.69, 9.17) is 21.1 Å². The van der Waals surface area contributed by atoms with E-state index in [-0.39, 0.29) is 24.6 Å². The highest BCUT2D eigenvalue weighted by atomic mass is 35.5. The monoisotopic (exact) mass is 253 g/mol. The lowest BCUT2D eigenvalue weighted by Gasteiger charge is -1.93. The quantitative estimate of drug-likeness (QED) is 0.894. The second-order valence-corrected chi connectivity index (χ2v) is 3.69. The number of rotatable bonds is 4. The summed E-state index contributed by atoms with van der Waals surface area (Å²) < 4.78 is 5.27. The molecule has 2 rings (SSSR count). The molecule has 17 heavy (non-hydrogen) atoms. The highest BCUT2D eigenvalue weighted by Crippen LogP contribution is 2.17. The molecule has 0 radical (unpaired) electrons.